The molecule has 0 N–H and O–H groups in total. The van der Waals surface area contributed by atoms with Crippen LogP contribution in [0.15, 0.2) is 46.9 Å². The van der Waals surface area contributed by atoms with E-state index < -0.39 is 0 Å². The summed E-state index contributed by atoms with van der Waals surface area (Å²) >= 11 is 9.48. The second-order valence-corrected chi connectivity index (χ2v) is 5.09. The van der Waals surface area contributed by atoms with E-state index in [-0.39, 0.29) is 5.78 Å². The van der Waals surface area contributed by atoms with E-state index >= 15 is 0 Å². The van der Waals surface area contributed by atoms with Crippen molar-refractivity contribution < 1.29 is 9.53 Å². The largest absolute Gasteiger partial charge is 0.493 e. The molecule has 2 aromatic rings. The number of benzene rings is 2. The van der Waals surface area contributed by atoms with Crippen molar-refractivity contribution in [2.45, 2.75) is 6.92 Å². The van der Waals surface area contributed by atoms with Gasteiger partial charge in [-0.25, -0.2) is 0 Å². The van der Waals surface area contributed by atoms with Gasteiger partial charge in [-0.3, -0.25) is 4.79 Å². The lowest BCUT2D eigenvalue weighted by Crippen LogP contribution is -2.06. The summed E-state index contributed by atoms with van der Waals surface area (Å²) in [6, 6.07) is 12.5. The first kappa shape index (κ1) is 14.1. The second kappa shape index (κ2) is 6.22. The third-order valence-electron chi connectivity index (χ3n) is 2.63. The number of ether oxygens (including phenoxy) is 1. The van der Waals surface area contributed by atoms with Crippen LogP contribution in [0.25, 0.3) is 0 Å². The van der Waals surface area contributed by atoms with Crippen LogP contribution in [0.2, 0.25) is 5.02 Å². The molecule has 4 heteroatoms. The summed E-state index contributed by atoms with van der Waals surface area (Å²) in [6.07, 6.45) is 0. The van der Waals surface area contributed by atoms with Crippen molar-refractivity contribution in [2.75, 3.05) is 6.61 Å². The molecule has 0 amide bonds. The van der Waals surface area contributed by atoms with Gasteiger partial charge < -0.3 is 4.74 Å². The van der Waals surface area contributed by atoms with E-state index in [1.165, 1.54) is 0 Å². The summed E-state index contributed by atoms with van der Waals surface area (Å²) in [6.45, 7) is 2.39. The Bertz CT molecular complexity index is 611. The maximum atomic E-state index is 12.5. The molecule has 0 unspecified atom stereocenters. The van der Waals surface area contributed by atoms with E-state index in [1.807, 2.05) is 19.1 Å². The van der Waals surface area contributed by atoms with Crippen molar-refractivity contribution in [2.24, 2.45) is 0 Å². The number of carbonyl (C=O) groups is 1. The molecule has 0 spiro atoms. The minimum Gasteiger partial charge on any atom is -0.493 e. The molecule has 0 saturated carbocycles. The van der Waals surface area contributed by atoms with Gasteiger partial charge in [0.25, 0.3) is 0 Å². The van der Waals surface area contributed by atoms with Gasteiger partial charge in [-0.2, -0.15) is 0 Å². The quantitative estimate of drug-likeness (QED) is 0.753. The third kappa shape index (κ3) is 2.99. The molecular weight excluding hydrogens is 328 g/mol. The van der Waals surface area contributed by atoms with Crippen LogP contribution in [0.4, 0.5) is 0 Å². The summed E-state index contributed by atoms with van der Waals surface area (Å²) in [5.41, 5.74) is 0.979. The van der Waals surface area contributed by atoms with Crippen LogP contribution in [0.1, 0.15) is 22.8 Å². The summed E-state index contributed by atoms with van der Waals surface area (Å²) in [7, 11) is 0. The minimum atomic E-state index is -0.143. The van der Waals surface area contributed by atoms with E-state index in [9.17, 15) is 4.79 Å². The lowest BCUT2D eigenvalue weighted by Gasteiger charge is -2.10. The number of rotatable bonds is 4. The highest BCUT2D eigenvalue weighted by Crippen LogP contribution is 2.30. The number of hydrogen-bond acceptors (Lipinski definition) is 2. The number of ketones is 1. The zero-order valence-electron chi connectivity index (χ0n) is 10.3. The molecule has 0 aliphatic carbocycles. The van der Waals surface area contributed by atoms with Gasteiger partial charge in [0, 0.05) is 10.0 Å². The zero-order valence-corrected chi connectivity index (χ0v) is 12.7. The second-order valence-electron chi connectivity index (χ2n) is 3.86. The van der Waals surface area contributed by atoms with Gasteiger partial charge in [-0.05, 0) is 47.1 Å². The fraction of sp³-hybridized carbons (Fsp3) is 0.133. The molecule has 0 aliphatic rings. The van der Waals surface area contributed by atoms with Gasteiger partial charge in [0.1, 0.15) is 5.75 Å². The number of halogens is 2. The van der Waals surface area contributed by atoms with Crippen LogP contribution in [-0.2, 0) is 0 Å². The number of hydrogen-bond donors (Lipinski definition) is 0. The summed E-state index contributed by atoms with van der Waals surface area (Å²) < 4.78 is 6.18. The van der Waals surface area contributed by atoms with Crippen molar-refractivity contribution in [1.29, 1.82) is 0 Å². The van der Waals surface area contributed by atoms with Crippen molar-refractivity contribution in [3.05, 3.63) is 63.1 Å². The zero-order chi connectivity index (χ0) is 13.8. The molecule has 2 rings (SSSR count). The maximum absolute atomic E-state index is 12.5. The lowest BCUT2D eigenvalue weighted by atomic mass is 10.0. The molecule has 0 fully saturated rings. The van der Waals surface area contributed by atoms with Crippen LogP contribution < -0.4 is 4.74 Å². The molecule has 2 aromatic carbocycles. The normalized spacial score (nSPS) is 10.3. The molecule has 0 aliphatic heterocycles. The Labute approximate surface area is 125 Å². The molecule has 0 radical (unpaired) electrons. The Morgan fingerprint density at radius 1 is 1.16 bits per heavy atom. The van der Waals surface area contributed by atoms with Gasteiger partial charge in [0.2, 0.25) is 0 Å². The first-order chi connectivity index (χ1) is 9.15. The molecule has 0 heterocycles. The van der Waals surface area contributed by atoms with Crippen LogP contribution in [0.3, 0.4) is 0 Å². The predicted octanol–water partition coefficient (Wildman–Crippen LogP) is 4.73. The molecule has 0 aromatic heterocycles. The Balaban J connectivity index is 2.47. The van der Waals surface area contributed by atoms with Crippen molar-refractivity contribution in [3.8, 4) is 5.75 Å². The topological polar surface area (TPSA) is 26.3 Å². The van der Waals surface area contributed by atoms with Crippen molar-refractivity contribution in [1.82, 2.24) is 0 Å². The lowest BCUT2D eigenvalue weighted by molar-refractivity contribution is 0.103. The van der Waals surface area contributed by atoms with E-state index in [1.54, 1.807) is 30.3 Å². The van der Waals surface area contributed by atoms with E-state index in [0.29, 0.717) is 33.0 Å². The molecule has 98 valence electrons. The molecule has 19 heavy (non-hydrogen) atoms. The molecule has 2 nitrogen and oxygen atoms in total. The average Bonchev–Trinajstić information content (AvgIpc) is 2.42. The predicted molar refractivity (Wildman–Crippen MR) is 80.2 cm³/mol. The molecular formula is C15H12BrClO2. The first-order valence-electron chi connectivity index (χ1n) is 5.85. The van der Waals surface area contributed by atoms with E-state index in [2.05, 4.69) is 15.9 Å². The van der Waals surface area contributed by atoms with Crippen molar-refractivity contribution in [3.63, 3.8) is 0 Å². The Morgan fingerprint density at radius 3 is 2.58 bits per heavy atom. The van der Waals surface area contributed by atoms with Gasteiger partial charge in [-0.1, -0.05) is 29.8 Å². The molecule has 0 bridgehead atoms. The first-order valence-corrected chi connectivity index (χ1v) is 7.02. The summed E-state index contributed by atoms with van der Waals surface area (Å²) in [4.78, 5) is 12.5. The maximum Gasteiger partial charge on any atom is 0.198 e. The van der Waals surface area contributed by atoms with Gasteiger partial charge in [-0.15, -0.1) is 0 Å². The van der Waals surface area contributed by atoms with Crippen LogP contribution in [-0.4, -0.2) is 12.4 Å². The van der Waals surface area contributed by atoms with Crippen LogP contribution in [0, 0.1) is 0 Å². The summed E-state index contributed by atoms with van der Waals surface area (Å²) in [5.74, 6) is 0.432. The number of carbonyl (C=O) groups excluding carboxylic acids is 1. The minimum absolute atomic E-state index is 0.143. The van der Waals surface area contributed by atoms with Crippen molar-refractivity contribution >= 4 is 33.3 Å². The fourth-order valence-corrected chi connectivity index (χ4v) is 2.34. The SMILES string of the molecule is CCOc1ccccc1C(=O)c1cccc(Br)c1Cl. The van der Waals surface area contributed by atoms with Gasteiger partial charge in [0.15, 0.2) is 5.78 Å². The Kier molecular flexibility index (Phi) is 4.61. The smallest absolute Gasteiger partial charge is 0.198 e. The number of para-hydroxylation sites is 1. The van der Waals surface area contributed by atoms with Gasteiger partial charge >= 0.3 is 0 Å². The molecule has 0 saturated heterocycles. The van der Waals surface area contributed by atoms with Crippen LogP contribution in [0.5, 0.6) is 5.75 Å². The summed E-state index contributed by atoms with van der Waals surface area (Å²) in [5, 5.41) is 0.416. The van der Waals surface area contributed by atoms with Crippen LogP contribution >= 0.6 is 27.5 Å². The Hall–Kier alpha value is -1.32. The fourth-order valence-electron chi connectivity index (χ4n) is 1.76. The monoisotopic (exact) mass is 338 g/mol. The Morgan fingerprint density at radius 2 is 1.84 bits per heavy atom. The highest BCUT2D eigenvalue weighted by molar-refractivity contribution is 9.10. The standard InChI is InChI=1S/C15H12BrClO2/c1-2-19-13-9-4-3-6-10(13)15(18)11-7-5-8-12(16)14(11)17/h3-9H,2H2,1H3. The van der Waals surface area contributed by atoms with E-state index in [0.717, 1.165) is 0 Å². The van der Waals surface area contributed by atoms with Gasteiger partial charge in [0.05, 0.1) is 17.2 Å². The van der Waals surface area contributed by atoms with E-state index in [4.69, 9.17) is 16.3 Å². The average molecular weight is 340 g/mol. The molecule has 0 atom stereocenters. The highest BCUT2D eigenvalue weighted by Gasteiger charge is 2.17. The highest BCUT2D eigenvalue weighted by atomic mass is 79.9. The third-order valence-corrected chi connectivity index (χ3v) is 3.92.